The number of methoxy groups -OCH3 is 1. The highest BCUT2D eigenvalue weighted by atomic mass is 16.5. The van der Waals surface area contributed by atoms with Gasteiger partial charge in [-0.1, -0.05) is 37.3 Å². The summed E-state index contributed by atoms with van der Waals surface area (Å²) in [5.41, 5.74) is 1.17. The van der Waals surface area contributed by atoms with Gasteiger partial charge in [0.2, 0.25) is 0 Å². The summed E-state index contributed by atoms with van der Waals surface area (Å²) in [6, 6.07) is 10.00. The van der Waals surface area contributed by atoms with E-state index in [-0.39, 0.29) is 11.9 Å². The van der Waals surface area contributed by atoms with E-state index in [1.165, 1.54) is 5.56 Å². The zero-order chi connectivity index (χ0) is 12.5. The molecule has 0 saturated carbocycles. The lowest BCUT2D eigenvalue weighted by molar-refractivity contribution is -0.144. The van der Waals surface area contributed by atoms with Crippen LogP contribution in [0.4, 0.5) is 0 Å². The Balaban J connectivity index is 2.26. The van der Waals surface area contributed by atoms with Crippen molar-refractivity contribution in [3.63, 3.8) is 0 Å². The molecule has 1 rings (SSSR count). The SMILES string of the molecule is COCCCOC(=O)CC(C)c1ccccc1. The first-order chi connectivity index (χ1) is 8.24. The van der Waals surface area contributed by atoms with Crippen LogP contribution >= 0.6 is 0 Å². The molecule has 0 aliphatic heterocycles. The lowest BCUT2D eigenvalue weighted by Gasteiger charge is -2.11. The maximum Gasteiger partial charge on any atom is 0.306 e. The largest absolute Gasteiger partial charge is 0.466 e. The van der Waals surface area contributed by atoms with Crippen molar-refractivity contribution in [2.45, 2.75) is 25.7 Å². The molecule has 1 unspecified atom stereocenters. The molecule has 1 atom stereocenters. The summed E-state index contributed by atoms with van der Waals surface area (Å²) in [6.07, 6.45) is 1.18. The van der Waals surface area contributed by atoms with Crippen molar-refractivity contribution in [1.82, 2.24) is 0 Å². The average molecular weight is 236 g/mol. The molecule has 0 heterocycles. The molecule has 0 saturated heterocycles. The van der Waals surface area contributed by atoms with Gasteiger partial charge < -0.3 is 9.47 Å². The van der Waals surface area contributed by atoms with Gasteiger partial charge in [-0.25, -0.2) is 0 Å². The van der Waals surface area contributed by atoms with E-state index in [4.69, 9.17) is 9.47 Å². The second-order valence-corrected chi connectivity index (χ2v) is 4.08. The number of hydrogen-bond acceptors (Lipinski definition) is 3. The first kappa shape index (κ1) is 13.7. The van der Waals surface area contributed by atoms with Crippen LogP contribution in [-0.4, -0.2) is 26.3 Å². The van der Waals surface area contributed by atoms with Gasteiger partial charge in [-0.3, -0.25) is 4.79 Å². The summed E-state index contributed by atoms with van der Waals surface area (Å²) < 4.78 is 10.0. The highest BCUT2D eigenvalue weighted by Gasteiger charge is 2.11. The predicted molar refractivity (Wildman–Crippen MR) is 66.9 cm³/mol. The van der Waals surface area contributed by atoms with Gasteiger partial charge in [-0.15, -0.1) is 0 Å². The summed E-state index contributed by atoms with van der Waals surface area (Å²) >= 11 is 0. The second-order valence-electron chi connectivity index (χ2n) is 4.08. The molecule has 3 heteroatoms. The Morgan fingerprint density at radius 2 is 1.94 bits per heavy atom. The third-order valence-electron chi connectivity index (χ3n) is 2.60. The fourth-order valence-electron chi connectivity index (χ4n) is 1.60. The standard InChI is InChI=1S/C14H20O3/c1-12(13-7-4-3-5-8-13)11-14(15)17-10-6-9-16-2/h3-5,7-8,12H,6,9-11H2,1-2H3. The van der Waals surface area contributed by atoms with Crippen molar-refractivity contribution in [2.75, 3.05) is 20.3 Å². The van der Waals surface area contributed by atoms with Crippen LogP contribution < -0.4 is 0 Å². The van der Waals surface area contributed by atoms with Crippen LogP contribution in [0.3, 0.4) is 0 Å². The molecular formula is C14H20O3. The topological polar surface area (TPSA) is 35.5 Å². The van der Waals surface area contributed by atoms with Gasteiger partial charge in [0.05, 0.1) is 13.0 Å². The molecular weight excluding hydrogens is 216 g/mol. The van der Waals surface area contributed by atoms with E-state index in [9.17, 15) is 4.79 Å². The Morgan fingerprint density at radius 3 is 2.59 bits per heavy atom. The molecule has 0 fully saturated rings. The molecule has 0 aromatic heterocycles. The number of rotatable bonds is 7. The second kappa shape index (κ2) is 7.85. The molecule has 0 bridgehead atoms. The van der Waals surface area contributed by atoms with Crippen LogP contribution in [0.15, 0.2) is 30.3 Å². The third-order valence-corrected chi connectivity index (χ3v) is 2.60. The zero-order valence-corrected chi connectivity index (χ0v) is 10.5. The maximum absolute atomic E-state index is 11.5. The number of ether oxygens (including phenoxy) is 2. The average Bonchev–Trinajstić information content (AvgIpc) is 2.36. The summed E-state index contributed by atoms with van der Waals surface area (Å²) in [5.74, 6) is 0.0589. The molecule has 17 heavy (non-hydrogen) atoms. The summed E-state index contributed by atoms with van der Waals surface area (Å²) in [7, 11) is 1.64. The van der Waals surface area contributed by atoms with Crippen LogP contribution in [0.1, 0.15) is 31.2 Å². The monoisotopic (exact) mass is 236 g/mol. The van der Waals surface area contributed by atoms with Gasteiger partial charge in [0.25, 0.3) is 0 Å². The minimum absolute atomic E-state index is 0.141. The van der Waals surface area contributed by atoms with Crippen molar-refractivity contribution in [2.24, 2.45) is 0 Å². The van der Waals surface area contributed by atoms with Crippen molar-refractivity contribution in [3.05, 3.63) is 35.9 Å². The molecule has 94 valence electrons. The first-order valence-corrected chi connectivity index (χ1v) is 5.93. The molecule has 0 amide bonds. The quantitative estimate of drug-likeness (QED) is 0.539. The summed E-state index contributed by atoms with van der Waals surface area (Å²) in [5, 5.41) is 0. The van der Waals surface area contributed by atoms with E-state index in [0.29, 0.717) is 19.6 Å². The van der Waals surface area contributed by atoms with Crippen molar-refractivity contribution in [1.29, 1.82) is 0 Å². The van der Waals surface area contributed by atoms with Crippen LogP contribution in [0.25, 0.3) is 0 Å². The number of esters is 1. The molecule has 0 radical (unpaired) electrons. The summed E-state index contributed by atoms with van der Waals surface area (Å²) in [4.78, 5) is 11.5. The van der Waals surface area contributed by atoms with E-state index in [1.807, 2.05) is 37.3 Å². The molecule has 3 nitrogen and oxygen atoms in total. The fourth-order valence-corrected chi connectivity index (χ4v) is 1.60. The van der Waals surface area contributed by atoms with Gasteiger partial charge in [-0.2, -0.15) is 0 Å². The Hall–Kier alpha value is -1.35. The third kappa shape index (κ3) is 5.50. The smallest absolute Gasteiger partial charge is 0.306 e. The van der Waals surface area contributed by atoms with Crippen molar-refractivity contribution < 1.29 is 14.3 Å². The number of carbonyl (C=O) groups is 1. The minimum Gasteiger partial charge on any atom is -0.466 e. The highest BCUT2D eigenvalue weighted by molar-refractivity contribution is 5.70. The molecule has 0 aliphatic carbocycles. The number of hydrogen-bond donors (Lipinski definition) is 0. The van der Waals surface area contributed by atoms with Gasteiger partial charge in [0.1, 0.15) is 0 Å². The molecule has 1 aromatic rings. The lowest BCUT2D eigenvalue weighted by Crippen LogP contribution is -2.10. The zero-order valence-electron chi connectivity index (χ0n) is 10.5. The Bertz CT molecular complexity index is 321. The van der Waals surface area contributed by atoms with E-state index in [0.717, 1.165) is 6.42 Å². The first-order valence-electron chi connectivity index (χ1n) is 5.93. The predicted octanol–water partition coefficient (Wildman–Crippen LogP) is 2.76. The normalized spacial score (nSPS) is 12.1. The van der Waals surface area contributed by atoms with Crippen molar-refractivity contribution in [3.8, 4) is 0 Å². The van der Waals surface area contributed by atoms with E-state index in [2.05, 4.69) is 0 Å². The minimum atomic E-state index is -0.141. The van der Waals surface area contributed by atoms with E-state index in [1.54, 1.807) is 7.11 Å². The molecule has 0 N–H and O–H groups in total. The number of carbonyl (C=O) groups excluding carboxylic acids is 1. The summed E-state index contributed by atoms with van der Waals surface area (Å²) in [6.45, 7) is 3.10. The lowest BCUT2D eigenvalue weighted by atomic mass is 9.98. The van der Waals surface area contributed by atoms with Gasteiger partial charge in [-0.05, 0) is 11.5 Å². The number of benzene rings is 1. The Morgan fingerprint density at radius 1 is 1.24 bits per heavy atom. The Kier molecular flexibility index (Phi) is 6.33. The van der Waals surface area contributed by atoms with Crippen LogP contribution in [0.2, 0.25) is 0 Å². The van der Waals surface area contributed by atoms with E-state index >= 15 is 0 Å². The van der Waals surface area contributed by atoms with Crippen LogP contribution in [0.5, 0.6) is 0 Å². The van der Waals surface area contributed by atoms with Crippen LogP contribution in [0, 0.1) is 0 Å². The fraction of sp³-hybridized carbons (Fsp3) is 0.500. The molecule has 0 spiro atoms. The Labute approximate surface area is 103 Å². The van der Waals surface area contributed by atoms with E-state index < -0.39 is 0 Å². The van der Waals surface area contributed by atoms with Gasteiger partial charge >= 0.3 is 5.97 Å². The van der Waals surface area contributed by atoms with Gasteiger partial charge in [0, 0.05) is 20.1 Å². The highest BCUT2D eigenvalue weighted by Crippen LogP contribution is 2.18. The molecule has 0 aliphatic rings. The van der Waals surface area contributed by atoms with Gasteiger partial charge in [0.15, 0.2) is 0 Å². The molecule has 1 aromatic carbocycles. The van der Waals surface area contributed by atoms with Crippen molar-refractivity contribution >= 4 is 5.97 Å². The maximum atomic E-state index is 11.5. The van der Waals surface area contributed by atoms with Crippen LogP contribution in [-0.2, 0) is 14.3 Å².